The Bertz CT molecular complexity index is 409. The molecule has 0 radical (unpaired) electrons. The van der Waals surface area contributed by atoms with Gasteiger partial charge in [0.15, 0.2) is 0 Å². The second kappa shape index (κ2) is 4.58. The van der Waals surface area contributed by atoms with E-state index < -0.39 is 0 Å². The lowest BCUT2D eigenvalue weighted by Gasteiger charge is -2.24. The third-order valence-electron chi connectivity index (χ3n) is 4.55. The lowest BCUT2D eigenvalue weighted by Crippen LogP contribution is -2.14. The number of aromatic nitrogens is 1. The van der Waals surface area contributed by atoms with Gasteiger partial charge < -0.3 is 5.11 Å². The zero-order valence-electron chi connectivity index (χ0n) is 9.85. The molecule has 0 spiro atoms. The van der Waals surface area contributed by atoms with Gasteiger partial charge in [0.2, 0.25) is 0 Å². The Morgan fingerprint density at radius 1 is 1.41 bits per heavy atom. The summed E-state index contributed by atoms with van der Waals surface area (Å²) < 4.78 is 0. The molecule has 1 aromatic heterocycles. The van der Waals surface area contributed by atoms with Crippen molar-refractivity contribution in [3.05, 3.63) is 29.0 Å². The first-order valence-electron chi connectivity index (χ1n) is 6.52. The average Bonchev–Trinajstić information content (AvgIpc) is 2.91. The summed E-state index contributed by atoms with van der Waals surface area (Å²) in [5, 5.41) is 10.7. The van der Waals surface area contributed by atoms with Crippen LogP contribution in [0, 0.1) is 17.8 Å². The molecular formula is C14H18ClNO. The second-order valence-corrected chi connectivity index (χ2v) is 5.99. The van der Waals surface area contributed by atoms with Gasteiger partial charge in [-0.1, -0.05) is 18.0 Å². The highest BCUT2D eigenvalue weighted by molar-refractivity contribution is 6.29. The Morgan fingerprint density at radius 3 is 2.94 bits per heavy atom. The Morgan fingerprint density at radius 2 is 2.29 bits per heavy atom. The van der Waals surface area contributed by atoms with Crippen LogP contribution in [0.15, 0.2) is 18.3 Å². The Hall–Kier alpha value is -0.600. The molecule has 2 aliphatic rings. The molecule has 4 atom stereocenters. The summed E-state index contributed by atoms with van der Waals surface area (Å²) >= 11 is 5.85. The third-order valence-corrected chi connectivity index (χ3v) is 4.75. The maximum Gasteiger partial charge on any atom is 0.129 e. The molecule has 1 aromatic rings. The van der Waals surface area contributed by atoms with E-state index in [1.165, 1.54) is 25.7 Å². The summed E-state index contributed by atoms with van der Waals surface area (Å²) in [5.41, 5.74) is 0.910. The fourth-order valence-corrected chi connectivity index (χ4v) is 3.90. The fourth-order valence-electron chi connectivity index (χ4n) is 3.71. The van der Waals surface area contributed by atoms with Crippen molar-refractivity contribution < 1.29 is 5.11 Å². The van der Waals surface area contributed by atoms with Gasteiger partial charge in [-0.2, -0.15) is 0 Å². The summed E-state index contributed by atoms with van der Waals surface area (Å²) in [6, 6.07) is 3.64. The quantitative estimate of drug-likeness (QED) is 0.833. The largest absolute Gasteiger partial charge is 0.388 e. The van der Waals surface area contributed by atoms with Crippen LogP contribution >= 0.6 is 11.6 Å². The summed E-state index contributed by atoms with van der Waals surface area (Å²) in [5.74, 6) is 2.53. The highest BCUT2D eigenvalue weighted by atomic mass is 35.5. The van der Waals surface area contributed by atoms with Crippen LogP contribution in [0.5, 0.6) is 0 Å². The lowest BCUT2D eigenvalue weighted by atomic mass is 9.84. The van der Waals surface area contributed by atoms with E-state index >= 15 is 0 Å². The SMILES string of the molecule is OC(CC1CC2CCC1C2)c1ccnc(Cl)c1. The van der Waals surface area contributed by atoms with Crippen molar-refractivity contribution in [3.63, 3.8) is 0 Å². The van der Waals surface area contributed by atoms with E-state index in [9.17, 15) is 5.11 Å². The highest BCUT2D eigenvalue weighted by Crippen LogP contribution is 2.50. The smallest absolute Gasteiger partial charge is 0.129 e. The molecule has 2 fully saturated rings. The third kappa shape index (κ3) is 2.34. The van der Waals surface area contributed by atoms with Crippen LogP contribution < -0.4 is 0 Å². The zero-order chi connectivity index (χ0) is 11.8. The number of pyridine rings is 1. The molecule has 0 saturated heterocycles. The van der Waals surface area contributed by atoms with Gasteiger partial charge in [-0.05, 0) is 61.1 Å². The first-order chi connectivity index (χ1) is 8.22. The normalized spacial score (nSPS) is 32.9. The molecule has 2 nitrogen and oxygen atoms in total. The van der Waals surface area contributed by atoms with Crippen LogP contribution in [-0.2, 0) is 0 Å². The van der Waals surface area contributed by atoms with E-state index in [0.29, 0.717) is 5.15 Å². The molecule has 2 bridgehead atoms. The molecule has 3 rings (SSSR count). The molecule has 3 heteroatoms. The number of hydrogen-bond acceptors (Lipinski definition) is 2. The number of nitrogens with zero attached hydrogens (tertiary/aromatic N) is 1. The predicted octanol–water partition coefficient (Wildman–Crippen LogP) is 3.59. The van der Waals surface area contributed by atoms with Crippen molar-refractivity contribution >= 4 is 11.6 Å². The standard InChI is InChI=1S/C14H18ClNO/c15-14-8-11(3-4-16-14)13(17)7-12-6-9-1-2-10(12)5-9/h3-4,8-10,12-13,17H,1-2,5-7H2. The van der Waals surface area contributed by atoms with E-state index in [0.717, 1.165) is 29.7 Å². The van der Waals surface area contributed by atoms with E-state index in [2.05, 4.69) is 4.98 Å². The zero-order valence-corrected chi connectivity index (χ0v) is 10.6. The molecule has 1 N–H and O–H groups in total. The molecule has 2 saturated carbocycles. The first-order valence-corrected chi connectivity index (χ1v) is 6.89. The van der Waals surface area contributed by atoms with Crippen molar-refractivity contribution in [2.45, 2.75) is 38.2 Å². The van der Waals surface area contributed by atoms with Gasteiger partial charge in [0.05, 0.1) is 6.10 Å². The summed E-state index contributed by atoms with van der Waals surface area (Å²) in [6.45, 7) is 0. The second-order valence-electron chi connectivity index (χ2n) is 5.60. The summed E-state index contributed by atoms with van der Waals surface area (Å²) in [7, 11) is 0. The first kappa shape index (κ1) is 11.5. The van der Waals surface area contributed by atoms with Crippen molar-refractivity contribution in [1.82, 2.24) is 4.98 Å². The fraction of sp³-hybridized carbons (Fsp3) is 0.643. The summed E-state index contributed by atoms with van der Waals surface area (Å²) in [6.07, 6.45) is 7.69. The topological polar surface area (TPSA) is 33.1 Å². The van der Waals surface area contributed by atoms with Crippen LogP contribution in [0.1, 0.15) is 43.8 Å². The van der Waals surface area contributed by atoms with Gasteiger partial charge in [-0.25, -0.2) is 4.98 Å². The maximum absolute atomic E-state index is 10.2. The number of fused-ring (bicyclic) bond motifs is 2. The number of aliphatic hydroxyl groups excluding tert-OH is 1. The van der Waals surface area contributed by atoms with Gasteiger partial charge in [0.25, 0.3) is 0 Å². The maximum atomic E-state index is 10.2. The van der Waals surface area contributed by atoms with Crippen LogP contribution in [0.25, 0.3) is 0 Å². The molecule has 17 heavy (non-hydrogen) atoms. The minimum atomic E-state index is -0.375. The number of aliphatic hydroxyl groups is 1. The van der Waals surface area contributed by atoms with E-state index in [-0.39, 0.29) is 6.10 Å². The van der Waals surface area contributed by atoms with Crippen LogP contribution in [0.3, 0.4) is 0 Å². The Kier molecular flexibility index (Phi) is 3.10. The van der Waals surface area contributed by atoms with E-state index in [1.807, 2.05) is 6.07 Å². The Labute approximate surface area is 107 Å². The lowest BCUT2D eigenvalue weighted by molar-refractivity contribution is 0.125. The number of halogens is 1. The van der Waals surface area contributed by atoms with Crippen molar-refractivity contribution in [1.29, 1.82) is 0 Å². The van der Waals surface area contributed by atoms with Crippen molar-refractivity contribution in [2.75, 3.05) is 0 Å². The molecule has 4 unspecified atom stereocenters. The van der Waals surface area contributed by atoms with Crippen molar-refractivity contribution in [3.8, 4) is 0 Å². The van der Waals surface area contributed by atoms with Gasteiger partial charge in [0, 0.05) is 6.20 Å². The number of hydrogen-bond donors (Lipinski definition) is 1. The van der Waals surface area contributed by atoms with Crippen LogP contribution in [-0.4, -0.2) is 10.1 Å². The predicted molar refractivity (Wildman–Crippen MR) is 67.8 cm³/mol. The Balaban J connectivity index is 1.65. The van der Waals surface area contributed by atoms with Crippen LogP contribution in [0.4, 0.5) is 0 Å². The molecule has 92 valence electrons. The molecule has 0 amide bonds. The van der Waals surface area contributed by atoms with Gasteiger partial charge >= 0.3 is 0 Å². The number of rotatable bonds is 3. The van der Waals surface area contributed by atoms with Gasteiger partial charge in [-0.3, -0.25) is 0 Å². The van der Waals surface area contributed by atoms with Gasteiger partial charge in [0.1, 0.15) is 5.15 Å². The average molecular weight is 252 g/mol. The summed E-state index contributed by atoms with van der Waals surface area (Å²) in [4.78, 5) is 3.95. The van der Waals surface area contributed by atoms with E-state index in [1.54, 1.807) is 12.3 Å². The molecular weight excluding hydrogens is 234 g/mol. The highest BCUT2D eigenvalue weighted by Gasteiger charge is 2.40. The van der Waals surface area contributed by atoms with Crippen LogP contribution in [0.2, 0.25) is 5.15 Å². The molecule has 1 heterocycles. The monoisotopic (exact) mass is 251 g/mol. The van der Waals surface area contributed by atoms with Gasteiger partial charge in [-0.15, -0.1) is 0 Å². The van der Waals surface area contributed by atoms with Crippen molar-refractivity contribution in [2.24, 2.45) is 17.8 Å². The minimum Gasteiger partial charge on any atom is -0.388 e. The molecule has 0 aliphatic heterocycles. The minimum absolute atomic E-state index is 0.375. The molecule has 0 aromatic carbocycles. The van der Waals surface area contributed by atoms with E-state index in [4.69, 9.17) is 11.6 Å². The molecule has 2 aliphatic carbocycles.